The quantitative estimate of drug-likeness (QED) is 0.404. The van der Waals surface area contributed by atoms with E-state index in [0.717, 1.165) is 0 Å². The van der Waals surface area contributed by atoms with Gasteiger partial charge in [0.25, 0.3) is 11.8 Å². The molecule has 0 aliphatic carbocycles. The molecule has 238 valence electrons. The van der Waals surface area contributed by atoms with Crippen LogP contribution in [-0.2, 0) is 16.1 Å². The van der Waals surface area contributed by atoms with Crippen LogP contribution in [0, 0.1) is 5.92 Å². The Balaban J connectivity index is 1.67. The van der Waals surface area contributed by atoms with Crippen molar-refractivity contribution in [3.05, 3.63) is 77.6 Å². The molecule has 12 heteroatoms. The minimum atomic E-state index is -0.868. The summed E-state index contributed by atoms with van der Waals surface area (Å²) in [5, 5.41) is 8.61. The van der Waals surface area contributed by atoms with Gasteiger partial charge < -0.3 is 35.1 Å². The normalized spacial score (nSPS) is 16.8. The highest BCUT2D eigenvalue weighted by Gasteiger charge is 2.27. The summed E-state index contributed by atoms with van der Waals surface area (Å²) in [6.07, 6.45) is 4.10. The molecule has 0 spiro atoms. The molecule has 0 radical (unpaired) electrons. The van der Waals surface area contributed by atoms with Crippen molar-refractivity contribution < 1.29 is 33.4 Å². The third-order valence-electron chi connectivity index (χ3n) is 7.35. The first kappa shape index (κ1) is 32.8. The van der Waals surface area contributed by atoms with Gasteiger partial charge in [-0.3, -0.25) is 24.2 Å². The van der Waals surface area contributed by atoms with Crippen molar-refractivity contribution >= 4 is 23.6 Å². The Morgan fingerprint density at radius 1 is 0.956 bits per heavy atom. The highest BCUT2D eigenvalue weighted by Crippen LogP contribution is 2.37. The van der Waals surface area contributed by atoms with Crippen molar-refractivity contribution in [3.8, 4) is 23.0 Å². The predicted molar refractivity (Wildman–Crippen MR) is 166 cm³/mol. The fraction of sp³-hybridized carbons (Fsp3) is 0.364. The molecule has 2 heterocycles. The molecule has 2 aromatic carbocycles. The average molecular weight is 618 g/mol. The Morgan fingerprint density at radius 3 is 2.42 bits per heavy atom. The number of ether oxygens (including phenoxy) is 3. The number of hydrogen-bond donors (Lipinski definition) is 3. The summed E-state index contributed by atoms with van der Waals surface area (Å²) in [5.74, 6) is -0.203. The Labute approximate surface area is 262 Å². The number of hydrogen-bond acceptors (Lipinski definition) is 8. The molecule has 45 heavy (non-hydrogen) atoms. The maximum absolute atomic E-state index is 13.4. The maximum Gasteiger partial charge on any atom is 0.254 e. The van der Waals surface area contributed by atoms with E-state index in [9.17, 15) is 19.2 Å². The largest absolute Gasteiger partial charge is 0.496 e. The van der Waals surface area contributed by atoms with Crippen LogP contribution >= 0.6 is 0 Å². The van der Waals surface area contributed by atoms with Gasteiger partial charge in [0.05, 0.1) is 32.9 Å². The molecule has 0 unspecified atom stereocenters. The lowest BCUT2D eigenvalue weighted by atomic mass is 10.0. The summed E-state index contributed by atoms with van der Waals surface area (Å²) in [6, 6.07) is 12.4. The molecular weight excluding hydrogens is 578 g/mol. The molecule has 0 saturated heterocycles. The van der Waals surface area contributed by atoms with E-state index in [1.54, 1.807) is 48.5 Å². The van der Waals surface area contributed by atoms with E-state index in [2.05, 4.69) is 20.9 Å². The van der Waals surface area contributed by atoms with Gasteiger partial charge in [0.15, 0.2) is 11.5 Å². The number of benzene rings is 2. The van der Waals surface area contributed by atoms with Crippen LogP contribution in [-0.4, -0.2) is 73.4 Å². The molecular formula is C33H39N5O7. The zero-order valence-corrected chi connectivity index (χ0v) is 25.9. The third kappa shape index (κ3) is 8.49. The van der Waals surface area contributed by atoms with Crippen molar-refractivity contribution in [1.29, 1.82) is 0 Å². The van der Waals surface area contributed by atoms with Crippen LogP contribution in [0.1, 0.15) is 53.0 Å². The number of rotatable bonds is 4. The molecule has 4 amide bonds. The monoisotopic (exact) mass is 617 g/mol. The van der Waals surface area contributed by atoms with Gasteiger partial charge in [-0.25, -0.2) is 0 Å². The lowest BCUT2D eigenvalue weighted by Gasteiger charge is -2.26. The highest BCUT2D eigenvalue weighted by atomic mass is 16.5. The van der Waals surface area contributed by atoms with E-state index in [4.69, 9.17) is 14.2 Å². The molecule has 4 rings (SSSR count). The second-order valence-electron chi connectivity index (χ2n) is 10.8. The van der Waals surface area contributed by atoms with Crippen molar-refractivity contribution in [1.82, 2.24) is 25.8 Å². The van der Waals surface area contributed by atoms with E-state index in [0.29, 0.717) is 59.1 Å². The van der Waals surface area contributed by atoms with Gasteiger partial charge in [-0.05, 0) is 61.2 Å². The molecule has 1 atom stereocenters. The molecule has 0 fully saturated rings. The van der Waals surface area contributed by atoms with Gasteiger partial charge in [-0.2, -0.15) is 0 Å². The molecule has 12 nitrogen and oxygen atoms in total. The lowest BCUT2D eigenvalue weighted by Crippen LogP contribution is -2.52. The van der Waals surface area contributed by atoms with Crippen LogP contribution in [0.25, 0.3) is 0 Å². The van der Waals surface area contributed by atoms with E-state index in [1.807, 2.05) is 13.8 Å². The van der Waals surface area contributed by atoms with Gasteiger partial charge in [0, 0.05) is 36.6 Å². The zero-order valence-electron chi connectivity index (χ0n) is 25.9. The van der Waals surface area contributed by atoms with E-state index in [-0.39, 0.29) is 37.4 Å². The number of amides is 4. The molecule has 3 aromatic rings. The number of nitrogens with zero attached hydrogens (tertiary/aromatic N) is 2. The van der Waals surface area contributed by atoms with Crippen molar-refractivity contribution in [2.24, 2.45) is 5.92 Å². The van der Waals surface area contributed by atoms with Gasteiger partial charge in [-0.1, -0.05) is 19.9 Å². The lowest BCUT2D eigenvalue weighted by molar-refractivity contribution is -0.130. The molecule has 1 aromatic heterocycles. The summed E-state index contributed by atoms with van der Waals surface area (Å²) in [7, 11) is 3.01. The number of aromatic nitrogens is 1. The number of nitrogens with one attached hydrogen (secondary N) is 3. The first-order chi connectivity index (χ1) is 21.7. The maximum atomic E-state index is 13.4. The molecule has 1 aliphatic rings. The molecule has 1 aliphatic heterocycles. The minimum absolute atomic E-state index is 0.0203. The van der Waals surface area contributed by atoms with Gasteiger partial charge in [0.1, 0.15) is 17.5 Å². The second-order valence-corrected chi connectivity index (χ2v) is 10.8. The van der Waals surface area contributed by atoms with Crippen LogP contribution in [0.2, 0.25) is 0 Å². The Bertz CT molecular complexity index is 1510. The fourth-order valence-corrected chi connectivity index (χ4v) is 4.90. The third-order valence-corrected chi connectivity index (χ3v) is 7.35. The first-order valence-electron chi connectivity index (χ1n) is 14.8. The SMILES string of the molecule is COc1ccc2cc1Oc1cccc(OC)c1CNC(=O)[C@@H](C(C)C)NC(=O)CN(C(=O)c1ccncc1)CCCCNC2=O. The van der Waals surface area contributed by atoms with Crippen LogP contribution < -0.4 is 30.2 Å². The molecule has 0 saturated carbocycles. The first-order valence-corrected chi connectivity index (χ1v) is 14.8. The Morgan fingerprint density at radius 2 is 1.71 bits per heavy atom. The number of carbonyl (C=O) groups excluding carboxylic acids is 4. The van der Waals surface area contributed by atoms with Crippen molar-refractivity contribution in [2.75, 3.05) is 33.9 Å². The van der Waals surface area contributed by atoms with Crippen molar-refractivity contribution in [2.45, 2.75) is 39.3 Å². The fourth-order valence-electron chi connectivity index (χ4n) is 4.90. The summed E-state index contributed by atoms with van der Waals surface area (Å²) >= 11 is 0. The van der Waals surface area contributed by atoms with Crippen LogP contribution in [0.5, 0.6) is 23.0 Å². The van der Waals surface area contributed by atoms with E-state index < -0.39 is 17.9 Å². The average Bonchev–Trinajstić information content (AvgIpc) is 3.05. The number of carbonyl (C=O) groups is 4. The summed E-state index contributed by atoms with van der Waals surface area (Å²) in [4.78, 5) is 58.5. The number of methoxy groups -OCH3 is 2. The van der Waals surface area contributed by atoms with Crippen LogP contribution in [0.3, 0.4) is 0 Å². The Kier molecular flexibility index (Phi) is 11.3. The predicted octanol–water partition coefficient (Wildman–Crippen LogP) is 3.31. The van der Waals surface area contributed by atoms with Crippen molar-refractivity contribution in [3.63, 3.8) is 0 Å². The standard InChI is InChI=1S/C33H39N5O7/c1-21(2)30-32(41)36-19-24-25(43-3)8-7-9-26(24)45-28-18-23(10-11-27(28)44-4)31(40)35-14-5-6-17-38(20-29(39)37-30)33(42)22-12-15-34-16-13-22/h7-13,15-16,18,21,30H,5-6,14,17,19-20H2,1-4H3,(H,35,40)(H,36,41)(H,37,39)/t30-/m1/s1. The minimum Gasteiger partial charge on any atom is -0.496 e. The zero-order chi connectivity index (χ0) is 32.3. The van der Waals surface area contributed by atoms with Gasteiger partial charge >= 0.3 is 0 Å². The number of fused-ring (bicyclic) bond motifs is 3. The summed E-state index contributed by atoms with van der Waals surface area (Å²) in [6.45, 7) is 4.04. The van der Waals surface area contributed by atoms with Gasteiger partial charge in [-0.15, -0.1) is 0 Å². The second kappa shape index (κ2) is 15.6. The summed E-state index contributed by atoms with van der Waals surface area (Å²) in [5.41, 5.74) is 1.30. The van der Waals surface area contributed by atoms with Crippen LogP contribution in [0.4, 0.5) is 0 Å². The topological polar surface area (TPSA) is 148 Å². The Hall–Kier alpha value is -5.13. The van der Waals surface area contributed by atoms with Crippen LogP contribution in [0.15, 0.2) is 60.9 Å². The number of pyridine rings is 1. The molecule has 3 N–H and O–H groups in total. The van der Waals surface area contributed by atoms with E-state index in [1.165, 1.54) is 31.5 Å². The summed E-state index contributed by atoms with van der Waals surface area (Å²) < 4.78 is 17.3. The smallest absolute Gasteiger partial charge is 0.254 e. The van der Waals surface area contributed by atoms with E-state index >= 15 is 0 Å². The van der Waals surface area contributed by atoms with Gasteiger partial charge in [0.2, 0.25) is 11.8 Å². The molecule has 2 bridgehead atoms. The highest BCUT2D eigenvalue weighted by molar-refractivity contribution is 5.97.